The van der Waals surface area contributed by atoms with Crippen LogP contribution >= 0.6 is 0 Å². The Hall–Kier alpha value is -0.845. The number of nitrogens with zero attached hydrogens (tertiary/aromatic N) is 2. The van der Waals surface area contributed by atoms with Gasteiger partial charge in [0.05, 0.1) is 17.2 Å². The molecule has 1 unspecified atom stereocenters. The van der Waals surface area contributed by atoms with Crippen LogP contribution in [0.2, 0.25) is 0 Å². The maximum absolute atomic E-state index is 6.10. The Bertz CT molecular complexity index is 486. The minimum absolute atomic E-state index is 0.312. The van der Waals surface area contributed by atoms with Crippen molar-refractivity contribution in [2.24, 2.45) is 0 Å². The normalized spacial score (nSPS) is 20.9. The van der Waals surface area contributed by atoms with E-state index < -0.39 is 0 Å². The molecule has 1 aliphatic heterocycles. The second-order valence-electron chi connectivity index (χ2n) is 7.44. The molecule has 1 aromatic rings. The molecule has 23 heavy (non-hydrogen) atoms. The van der Waals surface area contributed by atoms with Gasteiger partial charge in [0.1, 0.15) is 0 Å². The van der Waals surface area contributed by atoms with E-state index in [-0.39, 0.29) is 18.3 Å². The Balaban J connectivity index is 2.00. The first-order valence-electron chi connectivity index (χ1n) is 8.91. The van der Waals surface area contributed by atoms with E-state index in [9.17, 15) is 0 Å². The zero-order valence-corrected chi connectivity index (χ0v) is 15.6. The van der Waals surface area contributed by atoms with Crippen molar-refractivity contribution in [3.05, 3.63) is 12.4 Å². The highest BCUT2D eigenvalue weighted by molar-refractivity contribution is 6.61. The Labute approximate surface area is 141 Å². The van der Waals surface area contributed by atoms with Gasteiger partial charge in [-0.1, -0.05) is 13.8 Å². The third-order valence-electron chi connectivity index (χ3n) is 5.07. The summed E-state index contributed by atoms with van der Waals surface area (Å²) in [5.74, 6) is 0. The predicted octanol–water partition coefficient (Wildman–Crippen LogP) is 2.52. The average molecular weight is 321 g/mol. The third-order valence-corrected chi connectivity index (χ3v) is 5.07. The van der Waals surface area contributed by atoms with E-state index in [1.807, 2.05) is 6.20 Å². The van der Waals surface area contributed by atoms with Crippen LogP contribution in [-0.4, -0.2) is 41.2 Å². The Morgan fingerprint density at radius 2 is 1.83 bits per heavy atom. The molecule has 0 aliphatic carbocycles. The Morgan fingerprint density at radius 3 is 2.39 bits per heavy atom. The first kappa shape index (κ1) is 18.5. The number of rotatable bonds is 8. The van der Waals surface area contributed by atoms with Crippen molar-refractivity contribution in [3.8, 4) is 0 Å². The summed E-state index contributed by atoms with van der Waals surface area (Å²) in [4.78, 5) is 0. The van der Waals surface area contributed by atoms with Crippen LogP contribution in [0.3, 0.4) is 0 Å². The molecule has 1 saturated heterocycles. The van der Waals surface area contributed by atoms with Crippen LogP contribution in [0.4, 0.5) is 0 Å². The van der Waals surface area contributed by atoms with Gasteiger partial charge in [-0.25, -0.2) is 0 Å². The van der Waals surface area contributed by atoms with Crippen molar-refractivity contribution in [2.45, 2.75) is 78.0 Å². The van der Waals surface area contributed by atoms with Crippen molar-refractivity contribution in [3.63, 3.8) is 0 Å². The molecule has 6 heteroatoms. The molecular formula is C17H32BN3O2. The molecule has 2 heterocycles. The van der Waals surface area contributed by atoms with Crippen molar-refractivity contribution in [1.29, 1.82) is 0 Å². The van der Waals surface area contributed by atoms with Crippen molar-refractivity contribution in [1.82, 2.24) is 15.1 Å². The summed E-state index contributed by atoms with van der Waals surface area (Å²) in [5.41, 5.74) is 0.380. The second-order valence-corrected chi connectivity index (χ2v) is 7.44. The molecule has 0 aromatic carbocycles. The quantitative estimate of drug-likeness (QED) is 0.590. The first-order chi connectivity index (χ1) is 10.8. The fourth-order valence-electron chi connectivity index (χ4n) is 2.75. The number of nitrogens with one attached hydrogen (secondary N) is 1. The summed E-state index contributed by atoms with van der Waals surface area (Å²) in [7, 11) is -0.329. The summed E-state index contributed by atoms with van der Waals surface area (Å²) in [6.45, 7) is 14.8. The smallest absolute Gasteiger partial charge is 0.399 e. The topological polar surface area (TPSA) is 48.3 Å². The second kappa shape index (κ2) is 7.37. The van der Waals surface area contributed by atoms with Gasteiger partial charge in [-0.15, -0.1) is 0 Å². The molecule has 1 aliphatic rings. The molecule has 130 valence electrons. The molecular weight excluding hydrogens is 289 g/mol. The highest BCUT2D eigenvalue weighted by atomic mass is 16.7. The van der Waals surface area contributed by atoms with Gasteiger partial charge in [0.15, 0.2) is 0 Å². The van der Waals surface area contributed by atoms with Crippen LogP contribution in [0.25, 0.3) is 0 Å². The van der Waals surface area contributed by atoms with E-state index in [1.54, 1.807) is 0 Å². The highest BCUT2D eigenvalue weighted by Crippen LogP contribution is 2.36. The lowest BCUT2D eigenvalue weighted by atomic mass is 9.82. The van der Waals surface area contributed by atoms with Crippen molar-refractivity contribution >= 4 is 12.6 Å². The van der Waals surface area contributed by atoms with E-state index in [0.29, 0.717) is 6.04 Å². The summed E-state index contributed by atoms with van der Waals surface area (Å²) in [6, 6.07) is 0.413. The summed E-state index contributed by atoms with van der Waals surface area (Å²) in [5, 5.41) is 8.02. The van der Waals surface area contributed by atoms with E-state index in [1.165, 1.54) is 6.42 Å². The van der Waals surface area contributed by atoms with Crippen LogP contribution in [0.1, 0.15) is 66.8 Å². The van der Waals surface area contributed by atoms with Gasteiger partial charge in [-0.3, -0.25) is 4.68 Å². The fourth-order valence-corrected chi connectivity index (χ4v) is 2.75. The average Bonchev–Trinajstić information content (AvgIpc) is 3.03. The number of aromatic nitrogens is 2. The summed E-state index contributed by atoms with van der Waals surface area (Å²) in [6.07, 6.45) is 7.28. The van der Waals surface area contributed by atoms with Gasteiger partial charge in [0, 0.05) is 17.9 Å². The molecule has 1 N–H and O–H groups in total. The fraction of sp³-hybridized carbons (Fsp3) is 0.824. The lowest BCUT2D eigenvalue weighted by molar-refractivity contribution is 0.00578. The maximum Gasteiger partial charge on any atom is 0.498 e. The van der Waals surface area contributed by atoms with Gasteiger partial charge in [0.25, 0.3) is 0 Å². The van der Waals surface area contributed by atoms with Crippen LogP contribution in [0.5, 0.6) is 0 Å². The largest absolute Gasteiger partial charge is 0.498 e. The lowest BCUT2D eigenvalue weighted by Crippen LogP contribution is -2.41. The van der Waals surface area contributed by atoms with Gasteiger partial charge >= 0.3 is 7.12 Å². The molecule has 1 fully saturated rings. The Morgan fingerprint density at radius 1 is 1.17 bits per heavy atom. The van der Waals surface area contributed by atoms with Crippen LogP contribution in [0, 0.1) is 0 Å². The van der Waals surface area contributed by atoms with E-state index in [4.69, 9.17) is 9.31 Å². The van der Waals surface area contributed by atoms with Gasteiger partial charge in [-0.2, -0.15) is 5.10 Å². The summed E-state index contributed by atoms with van der Waals surface area (Å²) >= 11 is 0. The minimum atomic E-state index is -0.329. The van der Waals surface area contributed by atoms with Crippen molar-refractivity contribution < 1.29 is 9.31 Å². The maximum atomic E-state index is 6.10. The molecule has 0 amide bonds. The zero-order valence-electron chi connectivity index (χ0n) is 15.6. The molecule has 2 rings (SSSR count). The highest BCUT2D eigenvalue weighted by Gasteiger charge is 2.52. The lowest BCUT2D eigenvalue weighted by Gasteiger charge is -2.32. The molecule has 0 spiro atoms. The zero-order chi connectivity index (χ0) is 17.1. The molecule has 0 bridgehead atoms. The Kier molecular flexibility index (Phi) is 5.92. The molecule has 0 saturated carbocycles. The van der Waals surface area contributed by atoms with E-state index in [2.05, 4.69) is 62.8 Å². The predicted molar refractivity (Wildman–Crippen MR) is 95.0 cm³/mol. The SMILES string of the molecule is CCCNCCC(CC)n1cc(B2OC(C)(C)C(C)(C)O2)cn1. The molecule has 5 nitrogen and oxygen atoms in total. The molecule has 0 radical (unpaired) electrons. The van der Waals surface area contributed by atoms with E-state index >= 15 is 0 Å². The van der Waals surface area contributed by atoms with E-state index in [0.717, 1.165) is 31.4 Å². The van der Waals surface area contributed by atoms with Crippen molar-refractivity contribution in [2.75, 3.05) is 13.1 Å². The van der Waals surface area contributed by atoms with Crippen LogP contribution < -0.4 is 10.8 Å². The molecule has 1 aromatic heterocycles. The van der Waals surface area contributed by atoms with Gasteiger partial charge in [0.2, 0.25) is 0 Å². The van der Waals surface area contributed by atoms with Crippen LogP contribution in [0.15, 0.2) is 12.4 Å². The van der Waals surface area contributed by atoms with Gasteiger partial charge in [-0.05, 0) is 60.0 Å². The number of hydrogen-bond acceptors (Lipinski definition) is 4. The first-order valence-corrected chi connectivity index (χ1v) is 8.91. The third kappa shape index (κ3) is 4.17. The number of hydrogen-bond donors (Lipinski definition) is 1. The summed E-state index contributed by atoms with van der Waals surface area (Å²) < 4.78 is 14.3. The monoisotopic (exact) mass is 321 g/mol. The molecule has 1 atom stereocenters. The standard InChI is InChI=1S/C17H32BN3O2/c1-7-10-19-11-9-15(8-2)21-13-14(12-20-21)18-22-16(3,4)17(5,6)23-18/h12-13,15,19H,7-11H2,1-6H3. The van der Waals surface area contributed by atoms with Crippen LogP contribution in [-0.2, 0) is 9.31 Å². The van der Waals surface area contributed by atoms with Gasteiger partial charge < -0.3 is 14.6 Å². The minimum Gasteiger partial charge on any atom is -0.399 e.